The van der Waals surface area contributed by atoms with Crippen LogP contribution in [0, 0.1) is 5.82 Å². The summed E-state index contributed by atoms with van der Waals surface area (Å²) in [4.78, 5) is 22.3. The fraction of sp³-hybridized carbons (Fsp3) is 0.333. The number of nitrogens with one attached hydrogen (secondary N) is 1. The van der Waals surface area contributed by atoms with Crippen molar-refractivity contribution in [2.24, 2.45) is 0 Å². The fourth-order valence-electron chi connectivity index (χ4n) is 2.08. The van der Waals surface area contributed by atoms with Crippen molar-refractivity contribution in [3.8, 4) is 0 Å². The first-order chi connectivity index (χ1) is 10.1. The molecule has 4 nitrogen and oxygen atoms in total. The summed E-state index contributed by atoms with van der Waals surface area (Å²) in [5.41, 5.74) is 0.378. The van der Waals surface area contributed by atoms with Gasteiger partial charge in [0.05, 0.1) is 0 Å². The first-order valence-corrected chi connectivity index (χ1v) is 7.71. The number of thioether (sulfide) groups is 1. The van der Waals surface area contributed by atoms with Crippen LogP contribution in [0.4, 0.5) is 4.39 Å². The molecule has 2 N–H and O–H groups in total. The largest absolute Gasteiger partial charge is 0.478 e. The van der Waals surface area contributed by atoms with E-state index in [-0.39, 0.29) is 17.0 Å². The second-order valence-corrected chi connectivity index (χ2v) is 6.16. The number of halogens is 1. The van der Waals surface area contributed by atoms with E-state index in [0.29, 0.717) is 11.8 Å². The van der Waals surface area contributed by atoms with Crippen LogP contribution in [-0.4, -0.2) is 34.5 Å². The Hall–Kier alpha value is -1.82. The van der Waals surface area contributed by atoms with E-state index in [4.69, 9.17) is 5.11 Å². The second kappa shape index (κ2) is 7.26. The zero-order chi connectivity index (χ0) is 15.2. The standard InChI is InChI=1S/C15H16FNO3S/c16-13-8-11(4-3-10(13)5-6-14(18)19)15(20)17-9-12-2-1-7-21-12/h3-6,8,12H,1-2,7,9H2,(H,17,20)(H,18,19)/b6-5+. The van der Waals surface area contributed by atoms with E-state index in [1.165, 1.54) is 18.6 Å². The van der Waals surface area contributed by atoms with Crippen molar-refractivity contribution < 1.29 is 19.1 Å². The summed E-state index contributed by atoms with van der Waals surface area (Å²) in [7, 11) is 0. The molecular weight excluding hydrogens is 293 g/mol. The van der Waals surface area contributed by atoms with E-state index >= 15 is 0 Å². The van der Waals surface area contributed by atoms with Crippen molar-refractivity contribution in [2.45, 2.75) is 18.1 Å². The molecule has 0 aliphatic carbocycles. The molecule has 0 radical (unpaired) electrons. The van der Waals surface area contributed by atoms with Crippen LogP contribution in [-0.2, 0) is 4.79 Å². The average molecular weight is 309 g/mol. The molecule has 6 heteroatoms. The van der Waals surface area contributed by atoms with Crippen LogP contribution >= 0.6 is 11.8 Å². The predicted octanol–water partition coefficient (Wildman–Crippen LogP) is 2.55. The van der Waals surface area contributed by atoms with Gasteiger partial charge in [-0.3, -0.25) is 4.79 Å². The van der Waals surface area contributed by atoms with Gasteiger partial charge in [-0.25, -0.2) is 9.18 Å². The zero-order valence-electron chi connectivity index (χ0n) is 11.3. The van der Waals surface area contributed by atoms with Crippen LogP contribution in [0.25, 0.3) is 6.08 Å². The maximum atomic E-state index is 13.8. The summed E-state index contributed by atoms with van der Waals surface area (Å²) >= 11 is 1.84. The third-order valence-corrected chi connectivity index (χ3v) is 4.58. The molecule has 1 amide bonds. The molecule has 1 aliphatic rings. The molecule has 1 atom stereocenters. The molecule has 21 heavy (non-hydrogen) atoms. The minimum atomic E-state index is -1.15. The molecule has 0 aromatic heterocycles. The molecule has 2 rings (SSSR count). The Labute approximate surface area is 126 Å². The molecule has 0 bridgehead atoms. The van der Waals surface area contributed by atoms with E-state index in [9.17, 15) is 14.0 Å². The monoisotopic (exact) mass is 309 g/mol. The smallest absolute Gasteiger partial charge is 0.328 e. The lowest BCUT2D eigenvalue weighted by molar-refractivity contribution is -0.131. The first-order valence-electron chi connectivity index (χ1n) is 6.66. The first kappa shape index (κ1) is 15.6. The van der Waals surface area contributed by atoms with E-state index in [1.54, 1.807) is 0 Å². The predicted molar refractivity (Wildman–Crippen MR) is 80.9 cm³/mol. The van der Waals surface area contributed by atoms with Gasteiger partial charge in [-0.2, -0.15) is 11.8 Å². The van der Waals surface area contributed by atoms with Gasteiger partial charge >= 0.3 is 5.97 Å². The van der Waals surface area contributed by atoms with Crippen LogP contribution in [0.1, 0.15) is 28.8 Å². The van der Waals surface area contributed by atoms with Crippen LogP contribution in [0.5, 0.6) is 0 Å². The van der Waals surface area contributed by atoms with Crippen molar-refractivity contribution in [3.63, 3.8) is 0 Å². The third-order valence-electron chi connectivity index (χ3n) is 3.18. The van der Waals surface area contributed by atoms with Crippen molar-refractivity contribution >= 4 is 29.7 Å². The number of carbonyl (C=O) groups is 2. The molecule has 1 aromatic carbocycles. The normalized spacial score (nSPS) is 18.0. The van der Waals surface area contributed by atoms with Crippen molar-refractivity contribution in [1.29, 1.82) is 0 Å². The number of benzene rings is 1. The van der Waals surface area contributed by atoms with Gasteiger partial charge in [0.2, 0.25) is 0 Å². The minimum Gasteiger partial charge on any atom is -0.478 e. The maximum Gasteiger partial charge on any atom is 0.328 e. The third kappa shape index (κ3) is 4.60. The average Bonchev–Trinajstić information content (AvgIpc) is 2.96. The molecule has 1 heterocycles. The number of carboxylic acid groups (broad SMARTS) is 1. The van der Waals surface area contributed by atoms with Gasteiger partial charge in [0.25, 0.3) is 5.91 Å². The number of amides is 1. The quantitative estimate of drug-likeness (QED) is 0.820. The lowest BCUT2D eigenvalue weighted by Crippen LogP contribution is -2.29. The Morgan fingerprint density at radius 1 is 1.48 bits per heavy atom. The number of rotatable bonds is 5. The maximum absolute atomic E-state index is 13.8. The van der Waals surface area contributed by atoms with E-state index in [1.807, 2.05) is 11.8 Å². The molecule has 1 unspecified atom stereocenters. The number of carboxylic acids is 1. The molecule has 0 spiro atoms. The molecular formula is C15H16FNO3S. The van der Waals surface area contributed by atoms with Gasteiger partial charge in [0, 0.05) is 29.0 Å². The number of hydrogen-bond donors (Lipinski definition) is 2. The summed E-state index contributed by atoms with van der Waals surface area (Å²) in [5, 5.41) is 11.7. The van der Waals surface area contributed by atoms with Gasteiger partial charge in [0.1, 0.15) is 5.82 Å². The number of aliphatic carboxylic acids is 1. The van der Waals surface area contributed by atoms with Crippen LogP contribution in [0.2, 0.25) is 0 Å². The van der Waals surface area contributed by atoms with Gasteiger partial charge < -0.3 is 10.4 Å². The molecule has 0 saturated carbocycles. The Morgan fingerprint density at radius 3 is 2.90 bits per heavy atom. The lowest BCUT2D eigenvalue weighted by atomic mass is 10.1. The molecule has 1 saturated heterocycles. The highest BCUT2D eigenvalue weighted by molar-refractivity contribution is 8.00. The Balaban J connectivity index is 1.98. The van der Waals surface area contributed by atoms with Gasteiger partial charge in [-0.15, -0.1) is 0 Å². The van der Waals surface area contributed by atoms with Crippen LogP contribution in [0.3, 0.4) is 0 Å². The molecule has 1 aliphatic heterocycles. The Morgan fingerprint density at radius 2 is 2.29 bits per heavy atom. The topological polar surface area (TPSA) is 66.4 Å². The molecule has 1 aromatic rings. The fourth-order valence-corrected chi connectivity index (χ4v) is 3.28. The summed E-state index contributed by atoms with van der Waals surface area (Å²) < 4.78 is 13.8. The SMILES string of the molecule is O=C(O)/C=C/c1ccc(C(=O)NCC2CCCS2)cc1F. The van der Waals surface area contributed by atoms with Gasteiger partial charge in [-0.05, 0) is 36.8 Å². The second-order valence-electron chi connectivity index (χ2n) is 4.75. The van der Waals surface area contributed by atoms with E-state index in [0.717, 1.165) is 30.4 Å². The van der Waals surface area contributed by atoms with E-state index < -0.39 is 11.8 Å². The van der Waals surface area contributed by atoms with Crippen molar-refractivity contribution in [1.82, 2.24) is 5.32 Å². The van der Waals surface area contributed by atoms with E-state index in [2.05, 4.69) is 5.32 Å². The highest BCUT2D eigenvalue weighted by Gasteiger charge is 2.17. The highest BCUT2D eigenvalue weighted by atomic mass is 32.2. The van der Waals surface area contributed by atoms with Gasteiger partial charge in [-0.1, -0.05) is 6.07 Å². The number of carbonyl (C=O) groups excluding carboxylic acids is 1. The lowest BCUT2D eigenvalue weighted by Gasteiger charge is -2.10. The molecule has 112 valence electrons. The summed E-state index contributed by atoms with van der Waals surface area (Å²) in [5.74, 6) is -0.949. The van der Waals surface area contributed by atoms with Crippen molar-refractivity contribution in [2.75, 3.05) is 12.3 Å². The van der Waals surface area contributed by atoms with Crippen LogP contribution < -0.4 is 5.32 Å². The number of hydrogen-bond acceptors (Lipinski definition) is 3. The van der Waals surface area contributed by atoms with Crippen LogP contribution in [0.15, 0.2) is 24.3 Å². The molecule has 1 fully saturated rings. The minimum absolute atomic E-state index is 0.139. The summed E-state index contributed by atoms with van der Waals surface area (Å²) in [6, 6.07) is 4.01. The Bertz CT molecular complexity index is 568. The summed E-state index contributed by atoms with van der Waals surface area (Å²) in [6.07, 6.45) is 4.28. The highest BCUT2D eigenvalue weighted by Crippen LogP contribution is 2.25. The van der Waals surface area contributed by atoms with Gasteiger partial charge in [0.15, 0.2) is 0 Å². The summed E-state index contributed by atoms with van der Waals surface area (Å²) in [6.45, 7) is 0.589. The zero-order valence-corrected chi connectivity index (χ0v) is 12.2. The van der Waals surface area contributed by atoms with Crippen molar-refractivity contribution in [3.05, 3.63) is 41.2 Å². The Kier molecular flexibility index (Phi) is 5.38.